The monoisotopic (exact) mass is 488 g/mol. The molecule has 0 aromatic heterocycles. The quantitative estimate of drug-likeness (QED) is 0.344. The van der Waals surface area contributed by atoms with E-state index in [4.69, 9.17) is 20.5 Å². The molecular weight excluding hydrogens is 450 g/mol. The molecule has 2 aromatic rings. The molecule has 172 valence electrons. The topological polar surface area (TPSA) is 65.5 Å². The van der Waals surface area contributed by atoms with Gasteiger partial charge in [0.1, 0.15) is 0 Å². The van der Waals surface area contributed by atoms with Crippen LogP contribution in [-0.4, -0.2) is 23.2 Å². The Balaban J connectivity index is 0.00000177. The summed E-state index contributed by atoms with van der Waals surface area (Å²) in [7, 11) is 0. The second kappa shape index (κ2) is 15.9. The van der Waals surface area contributed by atoms with Crippen molar-refractivity contribution in [3.05, 3.63) is 69.3 Å². The van der Waals surface area contributed by atoms with E-state index in [1.165, 1.54) is 33.6 Å². The maximum absolute atomic E-state index is 9.00. The van der Waals surface area contributed by atoms with Crippen LogP contribution in [0.4, 0.5) is 11.4 Å². The molecule has 0 heterocycles. The van der Waals surface area contributed by atoms with Gasteiger partial charge in [-0.15, -0.1) is 23.5 Å². The average Bonchev–Trinajstić information content (AvgIpc) is 2.73. The molecule has 2 unspecified atom stereocenters. The zero-order chi connectivity index (χ0) is 23.4. The first kappa shape index (κ1) is 30.1. The average molecular weight is 490 g/mol. The number of hydrogen-bond donors (Lipinski definition) is 1. The number of hydrogen-bond acceptors (Lipinski definition) is 1. The summed E-state index contributed by atoms with van der Waals surface area (Å²) in [4.78, 5) is 9.00. The molecule has 0 aliphatic rings. The van der Waals surface area contributed by atoms with E-state index >= 15 is 0 Å². The number of nitrogens with zero attached hydrogens (tertiary/aromatic N) is 2. The fourth-order valence-corrected chi connectivity index (χ4v) is 3.80. The van der Waals surface area contributed by atoms with Crippen molar-refractivity contribution >= 4 is 17.3 Å². The molecule has 0 aliphatic carbocycles. The SMILES string of the molecule is CC(=O)O.CCc1cccc(CC)c1[N-]C(C)CC(C)[N-]c1c(CC)cccc1CC.[Zn+2]. The molecule has 0 fully saturated rings. The van der Waals surface area contributed by atoms with Crippen molar-refractivity contribution in [2.75, 3.05) is 0 Å². The molecule has 5 heteroatoms. The maximum Gasteiger partial charge on any atom is 2.00 e. The third-order valence-corrected chi connectivity index (χ3v) is 5.31. The van der Waals surface area contributed by atoms with Crippen LogP contribution in [0.1, 0.15) is 77.1 Å². The predicted octanol–water partition coefficient (Wildman–Crippen LogP) is 7.90. The Morgan fingerprint density at radius 2 is 1.00 bits per heavy atom. The Hall–Kier alpha value is -1.87. The maximum atomic E-state index is 9.00. The minimum absolute atomic E-state index is 0. The van der Waals surface area contributed by atoms with Crippen molar-refractivity contribution in [2.45, 2.75) is 92.7 Å². The normalized spacial score (nSPS) is 12.0. The van der Waals surface area contributed by atoms with Gasteiger partial charge in [0.2, 0.25) is 0 Å². The zero-order valence-electron chi connectivity index (χ0n) is 21.1. The van der Waals surface area contributed by atoms with Crippen LogP contribution in [0, 0.1) is 0 Å². The van der Waals surface area contributed by atoms with Gasteiger partial charge in [0, 0.05) is 6.92 Å². The van der Waals surface area contributed by atoms with Gasteiger partial charge in [0.15, 0.2) is 0 Å². The number of carbonyl (C=O) groups is 1. The Labute approximate surface area is 208 Å². The first-order valence-corrected chi connectivity index (χ1v) is 11.6. The second-order valence-corrected chi connectivity index (χ2v) is 7.97. The molecule has 0 saturated carbocycles. The van der Waals surface area contributed by atoms with E-state index in [-0.39, 0.29) is 31.6 Å². The summed E-state index contributed by atoms with van der Waals surface area (Å²) >= 11 is 0. The third kappa shape index (κ3) is 9.73. The first-order valence-electron chi connectivity index (χ1n) is 11.6. The van der Waals surface area contributed by atoms with E-state index in [9.17, 15) is 0 Å². The summed E-state index contributed by atoms with van der Waals surface area (Å²) in [6, 6.07) is 13.7. The number of benzene rings is 2. The zero-order valence-corrected chi connectivity index (χ0v) is 24.1. The van der Waals surface area contributed by atoms with Crippen LogP contribution in [0.5, 0.6) is 0 Å². The number of carboxylic acids is 1. The number of aryl methyl sites for hydroxylation is 4. The van der Waals surface area contributed by atoms with Gasteiger partial charge in [-0.25, -0.2) is 0 Å². The Morgan fingerprint density at radius 3 is 1.22 bits per heavy atom. The van der Waals surface area contributed by atoms with Gasteiger partial charge < -0.3 is 15.7 Å². The van der Waals surface area contributed by atoms with Gasteiger partial charge in [-0.05, 0) is 25.7 Å². The van der Waals surface area contributed by atoms with Crippen LogP contribution in [0.15, 0.2) is 36.4 Å². The van der Waals surface area contributed by atoms with Crippen LogP contribution < -0.4 is 0 Å². The molecule has 0 spiro atoms. The summed E-state index contributed by atoms with van der Waals surface area (Å²) in [5.74, 6) is -0.833. The van der Waals surface area contributed by atoms with E-state index in [0.29, 0.717) is 0 Å². The van der Waals surface area contributed by atoms with Crippen LogP contribution in [-0.2, 0) is 50.0 Å². The molecule has 2 aromatic carbocycles. The van der Waals surface area contributed by atoms with Crippen molar-refractivity contribution in [3.63, 3.8) is 0 Å². The van der Waals surface area contributed by atoms with Crippen molar-refractivity contribution in [2.24, 2.45) is 0 Å². The summed E-state index contributed by atoms with van der Waals surface area (Å²) in [5, 5.41) is 17.6. The van der Waals surface area contributed by atoms with Crippen molar-refractivity contribution < 1.29 is 29.4 Å². The molecule has 32 heavy (non-hydrogen) atoms. The minimum Gasteiger partial charge on any atom is -0.681 e. The van der Waals surface area contributed by atoms with Crippen LogP contribution >= 0.6 is 0 Å². The van der Waals surface area contributed by atoms with Crippen LogP contribution in [0.25, 0.3) is 10.6 Å². The Kier molecular flexibility index (Phi) is 14.9. The number of aliphatic carboxylic acids is 1. The standard InChI is InChI=1S/C25H36N2.C2H4O2.Zn/c1-7-20-13-11-14-21(8-2)24(20)26-18(5)17-19(6)27-25-22(9-3)15-12-16-23(25)10-4;1-2(3)4;/h11-16,18-19H,7-10,17H2,1-6H3;1H3,(H,3,4);/q-2;;+2. The summed E-state index contributed by atoms with van der Waals surface area (Å²) in [6.45, 7) is 14.4. The van der Waals surface area contributed by atoms with Gasteiger partial charge in [-0.3, -0.25) is 4.79 Å². The van der Waals surface area contributed by atoms with Gasteiger partial charge in [-0.2, -0.15) is 0 Å². The second-order valence-electron chi connectivity index (χ2n) is 7.97. The van der Waals surface area contributed by atoms with Gasteiger partial charge in [0.05, 0.1) is 0 Å². The first-order chi connectivity index (χ1) is 14.8. The molecule has 2 atom stereocenters. The largest absolute Gasteiger partial charge is 2.00 e. The Morgan fingerprint density at radius 1 is 0.750 bits per heavy atom. The van der Waals surface area contributed by atoms with E-state index in [1.807, 2.05) is 0 Å². The van der Waals surface area contributed by atoms with Crippen molar-refractivity contribution in [1.29, 1.82) is 0 Å². The fraction of sp³-hybridized carbons (Fsp3) is 0.519. The predicted molar refractivity (Wildman–Crippen MR) is 133 cm³/mol. The molecule has 4 nitrogen and oxygen atoms in total. The molecule has 0 amide bonds. The van der Waals surface area contributed by atoms with Crippen LogP contribution in [0.2, 0.25) is 0 Å². The van der Waals surface area contributed by atoms with Crippen molar-refractivity contribution in [1.82, 2.24) is 0 Å². The van der Waals surface area contributed by atoms with E-state index in [2.05, 4.69) is 77.9 Å². The summed E-state index contributed by atoms with van der Waals surface area (Å²) in [5.41, 5.74) is 7.85. The molecule has 0 aliphatic heterocycles. The van der Waals surface area contributed by atoms with Gasteiger partial charge in [0.25, 0.3) is 5.97 Å². The van der Waals surface area contributed by atoms with E-state index in [0.717, 1.165) is 39.0 Å². The minimum atomic E-state index is -0.833. The molecular formula is C27H40N2O2Zn. The summed E-state index contributed by atoms with van der Waals surface area (Å²) < 4.78 is 0. The molecule has 0 bridgehead atoms. The van der Waals surface area contributed by atoms with Crippen LogP contribution in [0.3, 0.4) is 0 Å². The molecule has 0 saturated heterocycles. The van der Waals surface area contributed by atoms with Gasteiger partial charge in [-0.1, -0.05) is 107 Å². The molecule has 2 rings (SSSR count). The van der Waals surface area contributed by atoms with Gasteiger partial charge >= 0.3 is 19.5 Å². The Bertz CT molecular complexity index is 713. The number of rotatable bonds is 10. The molecule has 0 radical (unpaired) electrons. The third-order valence-electron chi connectivity index (χ3n) is 5.31. The van der Waals surface area contributed by atoms with Crippen molar-refractivity contribution in [3.8, 4) is 0 Å². The smallest absolute Gasteiger partial charge is 0.681 e. The fourth-order valence-electron chi connectivity index (χ4n) is 3.80. The number of carboxylic acid groups (broad SMARTS) is 1. The van der Waals surface area contributed by atoms with E-state index in [1.54, 1.807) is 0 Å². The summed E-state index contributed by atoms with van der Waals surface area (Å²) in [6.07, 6.45) is 5.10. The van der Waals surface area contributed by atoms with E-state index < -0.39 is 5.97 Å². The molecule has 1 N–H and O–H groups in total. The number of para-hydroxylation sites is 2.